The van der Waals surface area contributed by atoms with Crippen LogP contribution in [0.3, 0.4) is 0 Å². The van der Waals surface area contributed by atoms with Gasteiger partial charge in [-0.1, -0.05) is 0 Å². The quantitative estimate of drug-likeness (QED) is 0.144. The Balaban J connectivity index is 2.84. The molecule has 0 amide bonds. The third kappa shape index (κ3) is 13.1. The Morgan fingerprint density at radius 3 is 2.14 bits per heavy atom. The van der Waals surface area contributed by atoms with Crippen molar-refractivity contribution in [2.75, 3.05) is 0 Å². The van der Waals surface area contributed by atoms with Crippen LogP contribution in [0, 0.1) is 11.8 Å². The zero-order valence-corrected chi connectivity index (χ0v) is 22.7. The first-order chi connectivity index (χ1) is 14.0. The molecule has 0 N–H and O–H groups in total. The van der Waals surface area contributed by atoms with Crippen molar-refractivity contribution in [1.29, 1.82) is 0 Å². The molecule has 1 heteroatoms. The molecule has 0 saturated carbocycles. The zero-order valence-electron chi connectivity index (χ0n) is 19.8. The minimum absolute atomic E-state index is 1.12. The predicted octanol–water partition coefficient (Wildman–Crippen LogP) is 9.10. The molecule has 160 valence electrons. The van der Waals surface area contributed by atoms with Gasteiger partial charge >= 0.3 is 187 Å². The molecule has 0 unspecified atom stereocenters. The monoisotopic (exact) mass is 500 g/mol. The van der Waals surface area contributed by atoms with Gasteiger partial charge in [-0.15, -0.1) is 0 Å². The molecule has 29 heavy (non-hydrogen) atoms. The van der Waals surface area contributed by atoms with E-state index in [1.165, 1.54) is 63.4 Å². The van der Waals surface area contributed by atoms with Crippen molar-refractivity contribution in [2.45, 2.75) is 99.3 Å². The van der Waals surface area contributed by atoms with E-state index in [-0.39, 0.29) is 0 Å². The second kappa shape index (κ2) is 15.8. The standard InChI is InChI=1S/C25H35.3CH3.Sn/c1-3-5-7-9-11-14-18-24(19-15-12-10-8-6-4-2)22-23-25-20-16-13-17-21-25;;;;/h9,13,16-18,20-21H,3-8,10,12,14-15,19H2,1-2H3;3*1H3;/b11-9?,24-18-;;;;. The Hall–Kier alpha value is -0.941. The molecule has 0 aromatic heterocycles. The molecule has 0 fully saturated rings. The number of unbranched alkanes of at least 4 members (excludes halogenated alkanes) is 7. The predicted molar refractivity (Wildman–Crippen MR) is 135 cm³/mol. The van der Waals surface area contributed by atoms with Crippen molar-refractivity contribution in [2.24, 2.45) is 0 Å². The van der Waals surface area contributed by atoms with Gasteiger partial charge in [0, 0.05) is 0 Å². The molecule has 0 heterocycles. The third-order valence-corrected chi connectivity index (χ3v) is 12.1. The maximum atomic E-state index is 3.52. The first kappa shape index (κ1) is 26.1. The van der Waals surface area contributed by atoms with E-state index in [9.17, 15) is 0 Å². The number of allylic oxidation sites excluding steroid dienone is 4. The topological polar surface area (TPSA) is 0 Å². The molecule has 0 spiro atoms. The maximum absolute atomic E-state index is 3.52. The van der Waals surface area contributed by atoms with Crippen LogP contribution in [-0.4, -0.2) is 18.4 Å². The molecule has 1 aromatic carbocycles. The molecular formula is C28H44Sn. The third-order valence-electron chi connectivity index (χ3n) is 5.42. The van der Waals surface area contributed by atoms with E-state index in [1.807, 2.05) is 0 Å². The van der Waals surface area contributed by atoms with E-state index in [2.05, 4.69) is 83.0 Å². The van der Waals surface area contributed by atoms with Crippen LogP contribution in [0.25, 0.3) is 0 Å². The molecule has 0 radical (unpaired) electrons. The normalized spacial score (nSPS) is 12.6. The molecule has 0 atom stereocenters. The summed E-state index contributed by atoms with van der Waals surface area (Å²) >= 11 is -2.04. The molecule has 1 aromatic rings. The summed E-state index contributed by atoms with van der Waals surface area (Å²) in [6.45, 7) is 4.57. The minimum atomic E-state index is -2.04. The summed E-state index contributed by atoms with van der Waals surface area (Å²) in [7, 11) is 0. The van der Waals surface area contributed by atoms with Gasteiger partial charge in [-0.2, -0.15) is 0 Å². The molecule has 0 bridgehead atoms. The fraction of sp³-hybridized carbons (Fsp3) is 0.571. The van der Waals surface area contributed by atoms with Gasteiger partial charge in [-0.05, 0) is 0 Å². The van der Waals surface area contributed by atoms with Crippen LogP contribution in [0.15, 0.2) is 51.6 Å². The van der Waals surface area contributed by atoms with Crippen LogP contribution >= 0.6 is 0 Å². The van der Waals surface area contributed by atoms with Crippen LogP contribution < -0.4 is 0 Å². The van der Waals surface area contributed by atoms with Crippen LogP contribution in [0.4, 0.5) is 0 Å². The summed E-state index contributed by atoms with van der Waals surface area (Å²) in [4.78, 5) is 7.63. The summed E-state index contributed by atoms with van der Waals surface area (Å²) in [5, 5.41) is 0. The fourth-order valence-electron chi connectivity index (χ4n) is 3.39. The Morgan fingerprint density at radius 2 is 1.48 bits per heavy atom. The summed E-state index contributed by atoms with van der Waals surface area (Å²) in [6.07, 6.45) is 19.2. The summed E-state index contributed by atoms with van der Waals surface area (Å²) in [6, 6.07) is 10.4. The van der Waals surface area contributed by atoms with Crippen molar-refractivity contribution >= 4 is 18.4 Å². The van der Waals surface area contributed by atoms with E-state index in [4.69, 9.17) is 0 Å². The van der Waals surface area contributed by atoms with Gasteiger partial charge in [0.1, 0.15) is 0 Å². The van der Waals surface area contributed by atoms with E-state index >= 15 is 0 Å². The first-order valence-corrected chi connectivity index (χ1v) is 21.9. The van der Waals surface area contributed by atoms with Crippen LogP contribution in [-0.2, 0) is 0 Å². The molecule has 0 aliphatic heterocycles. The average molecular weight is 499 g/mol. The molecule has 0 aliphatic rings. The van der Waals surface area contributed by atoms with Gasteiger partial charge in [-0.3, -0.25) is 0 Å². The van der Waals surface area contributed by atoms with E-state index in [0.29, 0.717) is 0 Å². The summed E-state index contributed by atoms with van der Waals surface area (Å²) < 4.78 is 1.76. The van der Waals surface area contributed by atoms with Crippen molar-refractivity contribution in [3.63, 3.8) is 0 Å². The Labute approximate surface area is 186 Å². The van der Waals surface area contributed by atoms with Gasteiger partial charge in [0.2, 0.25) is 0 Å². The Bertz CT molecular complexity index is 662. The van der Waals surface area contributed by atoms with Gasteiger partial charge in [0.05, 0.1) is 0 Å². The molecule has 0 aliphatic carbocycles. The van der Waals surface area contributed by atoms with Crippen molar-refractivity contribution < 1.29 is 0 Å². The number of rotatable bonds is 13. The van der Waals surface area contributed by atoms with Gasteiger partial charge in [0.25, 0.3) is 0 Å². The fourth-order valence-corrected chi connectivity index (χ4v) is 7.59. The summed E-state index contributed by atoms with van der Waals surface area (Å²) in [5.41, 5.74) is 2.47. The molecule has 0 saturated heterocycles. The average Bonchev–Trinajstić information content (AvgIpc) is 2.70. The molecule has 1 rings (SSSR count). The van der Waals surface area contributed by atoms with Crippen molar-refractivity contribution in [1.82, 2.24) is 0 Å². The van der Waals surface area contributed by atoms with E-state index in [1.54, 1.807) is 3.59 Å². The molecular weight excluding hydrogens is 455 g/mol. The first-order valence-electron chi connectivity index (χ1n) is 11.9. The Kier molecular flexibility index (Phi) is 14.3. The summed E-state index contributed by atoms with van der Waals surface area (Å²) in [5.74, 6) is 6.92. The number of hydrogen-bond acceptors (Lipinski definition) is 0. The van der Waals surface area contributed by atoms with Crippen LogP contribution in [0.1, 0.15) is 90.0 Å². The van der Waals surface area contributed by atoms with Gasteiger partial charge in [0.15, 0.2) is 0 Å². The van der Waals surface area contributed by atoms with Crippen LogP contribution in [0.2, 0.25) is 14.8 Å². The molecule has 0 nitrogen and oxygen atoms in total. The second-order valence-corrected chi connectivity index (χ2v) is 23.9. The Morgan fingerprint density at radius 1 is 0.828 bits per heavy atom. The van der Waals surface area contributed by atoms with Crippen molar-refractivity contribution in [3.05, 3.63) is 57.2 Å². The number of hydrogen-bond donors (Lipinski definition) is 0. The second-order valence-electron chi connectivity index (χ2n) is 9.19. The van der Waals surface area contributed by atoms with Crippen LogP contribution in [0.5, 0.6) is 0 Å². The SMILES string of the molecule is CCCC/C=[C](/C/C=C(\C#Cc1ccccc1)CCCCCCCC)[Sn]([CH3])([CH3])[CH3]. The number of benzene rings is 1. The van der Waals surface area contributed by atoms with Gasteiger partial charge in [-0.25, -0.2) is 0 Å². The zero-order chi connectivity index (χ0) is 21.4. The van der Waals surface area contributed by atoms with E-state index < -0.39 is 18.4 Å². The van der Waals surface area contributed by atoms with Crippen molar-refractivity contribution in [3.8, 4) is 11.8 Å². The van der Waals surface area contributed by atoms with Gasteiger partial charge < -0.3 is 0 Å². The van der Waals surface area contributed by atoms with E-state index in [0.717, 1.165) is 18.4 Å².